The third kappa shape index (κ3) is 7.41. The van der Waals surface area contributed by atoms with Crippen LogP contribution in [0.1, 0.15) is 60.8 Å². The molecule has 0 N–H and O–H groups in total. The average Bonchev–Trinajstić information content (AvgIpc) is 2.16. The fourth-order valence-electron chi connectivity index (χ4n) is 1.52. The molecule has 0 heteroatoms. The summed E-state index contributed by atoms with van der Waals surface area (Å²) in [6.07, 6.45) is 8.45. The summed E-state index contributed by atoms with van der Waals surface area (Å²) in [7, 11) is 0. The Kier molecular flexibility index (Phi) is 7.46. The van der Waals surface area contributed by atoms with Crippen LogP contribution < -0.4 is 0 Å². The molecule has 0 saturated heterocycles. The molecule has 0 fully saturated rings. The van der Waals surface area contributed by atoms with Gasteiger partial charge in [0.1, 0.15) is 0 Å². The Morgan fingerprint density at radius 3 is 1.93 bits per heavy atom. The molecule has 0 amide bonds. The summed E-state index contributed by atoms with van der Waals surface area (Å²) in [5.74, 6) is 1.59. The summed E-state index contributed by atoms with van der Waals surface area (Å²) in [4.78, 5) is 0. The van der Waals surface area contributed by atoms with Gasteiger partial charge in [-0.1, -0.05) is 44.1 Å². The molecule has 88 valence electrons. The van der Waals surface area contributed by atoms with E-state index in [1.807, 2.05) is 0 Å². The number of rotatable bonds is 6. The fraction of sp³-hybridized carbons (Fsp3) is 0.733. The second-order valence-electron chi connectivity index (χ2n) is 5.16. The third-order valence-corrected chi connectivity index (χ3v) is 3.10. The molecule has 1 unspecified atom stereocenters. The molecule has 0 aliphatic heterocycles. The summed E-state index contributed by atoms with van der Waals surface area (Å²) in [6, 6.07) is 0. The lowest BCUT2D eigenvalue weighted by Gasteiger charge is -2.18. The van der Waals surface area contributed by atoms with E-state index in [0.717, 1.165) is 11.8 Å². The van der Waals surface area contributed by atoms with E-state index in [-0.39, 0.29) is 0 Å². The molecule has 0 aromatic carbocycles. The Bertz CT molecular complexity index is 214. The van der Waals surface area contributed by atoms with Crippen LogP contribution in [0, 0.1) is 11.8 Å². The molecule has 0 rings (SSSR count). The topological polar surface area (TPSA) is 0 Å². The molecule has 0 aliphatic rings. The summed E-state index contributed by atoms with van der Waals surface area (Å²) in [5.41, 5.74) is 2.97. The van der Waals surface area contributed by atoms with E-state index in [2.05, 4.69) is 53.7 Å². The van der Waals surface area contributed by atoms with Crippen molar-refractivity contribution in [1.82, 2.24) is 0 Å². The molecule has 1 atom stereocenters. The van der Waals surface area contributed by atoms with Gasteiger partial charge in [0.25, 0.3) is 0 Å². The molecular formula is C15H28. The summed E-state index contributed by atoms with van der Waals surface area (Å²) >= 11 is 0. The van der Waals surface area contributed by atoms with Gasteiger partial charge in [-0.15, -0.1) is 0 Å². The third-order valence-electron chi connectivity index (χ3n) is 3.10. The standard InChI is InChI=1S/C15H28/c1-7-14(6)9-11-15(13(4)5)10-8-12(2)3/h8-9,13,15H,7,10-11H2,1-6H3. The first-order chi connectivity index (χ1) is 6.97. The molecule has 0 aromatic heterocycles. The van der Waals surface area contributed by atoms with E-state index in [4.69, 9.17) is 0 Å². The molecule has 0 bridgehead atoms. The van der Waals surface area contributed by atoms with Crippen LogP contribution in [0.3, 0.4) is 0 Å². The molecule has 0 nitrogen and oxygen atoms in total. The molecule has 0 heterocycles. The average molecular weight is 208 g/mol. The zero-order chi connectivity index (χ0) is 11.8. The Morgan fingerprint density at radius 2 is 1.53 bits per heavy atom. The lowest BCUT2D eigenvalue weighted by molar-refractivity contribution is 0.391. The zero-order valence-electron chi connectivity index (χ0n) is 11.4. The van der Waals surface area contributed by atoms with Crippen molar-refractivity contribution >= 4 is 0 Å². The SMILES string of the molecule is CCC(C)=CCC(CC=C(C)C)C(C)C. The van der Waals surface area contributed by atoms with Crippen LogP contribution in [0.2, 0.25) is 0 Å². The van der Waals surface area contributed by atoms with Crippen molar-refractivity contribution in [3.05, 3.63) is 23.3 Å². The van der Waals surface area contributed by atoms with Crippen LogP contribution in [0.15, 0.2) is 23.3 Å². The first-order valence-corrected chi connectivity index (χ1v) is 6.26. The molecule has 0 radical (unpaired) electrons. The molecule has 0 saturated carbocycles. The second kappa shape index (κ2) is 7.73. The van der Waals surface area contributed by atoms with Crippen molar-refractivity contribution in [2.24, 2.45) is 11.8 Å². The van der Waals surface area contributed by atoms with Crippen molar-refractivity contribution in [1.29, 1.82) is 0 Å². The maximum atomic E-state index is 2.42. The van der Waals surface area contributed by atoms with Gasteiger partial charge in [0, 0.05) is 0 Å². The van der Waals surface area contributed by atoms with Gasteiger partial charge in [-0.05, 0) is 51.9 Å². The van der Waals surface area contributed by atoms with Gasteiger partial charge >= 0.3 is 0 Å². The maximum absolute atomic E-state index is 2.42. The summed E-state index contributed by atoms with van der Waals surface area (Å²) < 4.78 is 0. The molecule has 15 heavy (non-hydrogen) atoms. The van der Waals surface area contributed by atoms with Gasteiger partial charge in [0.15, 0.2) is 0 Å². The van der Waals surface area contributed by atoms with Crippen LogP contribution in [0.4, 0.5) is 0 Å². The van der Waals surface area contributed by atoms with Crippen LogP contribution in [0.25, 0.3) is 0 Å². The predicted molar refractivity (Wildman–Crippen MR) is 71.0 cm³/mol. The molecule has 0 aliphatic carbocycles. The van der Waals surface area contributed by atoms with E-state index >= 15 is 0 Å². The number of allylic oxidation sites excluding steroid dienone is 4. The minimum Gasteiger partial charge on any atom is -0.0856 e. The first-order valence-electron chi connectivity index (χ1n) is 6.26. The fourth-order valence-corrected chi connectivity index (χ4v) is 1.52. The first kappa shape index (κ1) is 14.5. The van der Waals surface area contributed by atoms with Gasteiger partial charge in [0.05, 0.1) is 0 Å². The molecular weight excluding hydrogens is 180 g/mol. The minimum atomic E-state index is 0.779. The van der Waals surface area contributed by atoms with Crippen LogP contribution >= 0.6 is 0 Å². The van der Waals surface area contributed by atoms with Gasteiger partial charge < -0.3 is 0 Å². The normalized spacial score (nSPS) is 14.2. The Hall–Kier alpha value is -0.520. The number of hydrogen-bond donors (Lipinski definition) is 0. The Balaban J connectivity index is 4.23. The monoisotopic (exact) mass is 208 g/mol. The van der Waals surface area contributed by atoms with Gasteiger partial charge in [-0.25, -0.2) is 0 Å². The van der Waals surface area contributed by atoms with E-state index in [1.165, 1.54) is 30.4 Å². The zero-order valence-corrected chi connectivity index (χ0v) is 11.4. The highest BCUT2D eigenvalue weighted by atomic mass is 14.2. The lowest BCUT2D eigenvalue weighted by atomic mass is 9.88. The largest absolute Gasteiger partial charge is 0.0856 e. The van der Waals surface area contributed by atoms with Crippen molar-refractivity contribution in [3.8, 4) is 0 Å². The van der Waals surface area contributed by atoms with E-state index in [9.17, 15) is 0 Å². The van der Waals surface area contributed by atoms with E-state index < -0.39 is 0 Å². The Labute approximate surface area is 96.5 Å². The number of hydrogen-bond acceptors (Lipinski definition) is 0. The van der Waals surface area contributed by atoms with Crippen molar-refractivity contribution in [2.75, 3.05) is 0 Å². The predicted octanol–water partition coefficient (Wildman–Crippen LogP) is 5.36. The van der Waals surface area contributed by atoms with Gasteiger partial charge in [-0.2, -0.15) is 0 Å². The van der Waals surface area contributed by atoms with Crippen molar-refractivity contribution in [2.45, 2.75) is 60.8 Å². The van der Waals surface area contributed by atoms with Gasteiger partial charge in [-0.3, -0.25) is 0 Å². The summed E-state index contributed by atoms with van der Waals surface area (Å²) in [6.45, 7) is 13.5. The van der Waals surface area contributed by atoms with Crippen LogP contribution in [0.5, 0.6) is 0 Å². The summed E-state index contributed by atoms with van der Waals surface area (Å²) in [5, 5.41) is 0. The second-order valence-corrected chi connectivity index (χ2v) is 5.16. The highest BCUT2D eigenvalue weighted by Gasteiger charge is 2.10. The maximum Gasteiger partial charge on any atom is -0.0314 e. The van der Waals surface area contributed by atoms with Crippen LogP contribution in [-0.4, -0.2) is 0 Å². The quantitative estimate of drug-likeness (QED) is 0.515. The van der Waals surface area contributed by atoms with Crippen molar-refractivity contribution < 1.29 is 0 Å². The van der Waals surface area contributed by atoms with Gasteiger partial charge in [0.2, 0.25) is 0 Å². The van der Waals surface area contributed by atoms with Crippen molar-refractivity contribution in [3.63, 3.8) is 0 Å². The van der Waals surface area contributed by atoms with E-state index in [1.54, 1.807) is 0 Å². The smallest absolute Gasteiger partial charge is 0.0314 e. The van der Waals surface area contributed by atoms with E-state index in [0.29, 0.717) is 0 Å². The highest BCUT2D eigenvalue weighted by molar-refractivity contribution is 5.00. The van der Waals surface area contributed by atoms with Crippen LogP contribution in [-0.2, 0) is 0 Å². The minimum absolute atomic E-state index is 0.779. The highest BCUT2D eigenvalue weighted by Crippen LogP contribution is 2.22. The molecule has 0 spiro atoms. The Morgan fingerprint density at radius 1 is 1.00 bits per heavy atom. The lowest BCUT2D eigenvalue weighted by Crippen LogP contribution is -2.06. The molecule has 0 aromatic rings.